The van der Waals surface area contributed by atoms with Crippen molar-refractivity contribution in [2.75, 3.05) is 17.3 Å². The third kappa shape index (κ3) is 5.06. The van der Waals surface area contributed by atoms with Crippen LogP contribution in [0.1, 0.15) is 12.0 Å². The van der Waals surface area contributed by atoms with E-state index in [1.165, 1.54) is 4.90 Å². The van der Waals surface area contributed by atoms with Gasteiger partial charge >= 0.3 is 6.03 Å². The zero-order valence-corrected chi connectivity index (χ0v) is 19.5. The summed E-state index contributed by atoms with van der Waals surface area (Å²) in [4.78, 5) is 42.0. The number of hydrogen-bond acceptors (Lipinski definition) is 4. The van der Waals surface area contributed by atoms with Crippen LogP contribution in [0.5, 0.6) is 5.75 Å². The van der Waals surface area contributed by atoms with Gasteiger partial charge in [-0.3, -0.25) is 9.59 Å². The lowest BCUT2D eigenvalue weighted by Gasteiger charge is -2.22. The minimum Gasteiger partial charge on any atom is -0.497 e. The first-order chi connectivity index (χ1) is 16.0. The second-order valence-electron chi connectivity index (χ2n) is 7.54. The predicted molar refractivity (Wildman–Crippen MR) is 129 cm³/mol. The van der Waals surface area contributed by atoms with E-state index in [4.69, 9.17) is 4.74 Å². The maximum absolute atomic E-state index is 13.3. The predicted octanol–water partition coefficient (Wildman–Crippen LogP) is 4.82. The molecule has 168 valence electrons. The molecule has 0 saturated carbocycles. The van der Waals surface area contributed by atoms with E-state index in [1.54, 1.807) is 55.6 Å². The molecule has 0 spiro atoms. The maximum Gasteiger partial charge on any atom is 0.332 e. The molecule has 4 rings (SSSR count). The van der Waals surface area contributed by atoms with Crippen molar-refractivity contribution in [1.82, 2.24) is 4.90 Å². The molecular formula is C25H22BrN3O4. The molecule has 3 aromatic carbocycles. The van der Waals surface area contributed by atoms with Gasteiger partial charge in [0.05, 0.1) is 19.2 Å². The number of urea groups is 1. The molecule has 1 aliphatic rings. The van der Waals surface area contributed by atoms with Gasteiger partial charge in [0.2, 0.25) is 5.91 Å². The van der Waals surface area contributed by atoms with Gasteiger partial charge in [-0.25, -0.2) is 9.69 Å². The third-order valence-electron chi connectivity index (χ3n) is 5.35. The lowest BCUT2D eigenvalue weighted by molar-refractivity contribution is -0.124. The van der Waals surface area contributed by atoms with E-state index in [0.29, 0.717) is 17.1 Å². The Labute approximate surface area is 200 Å². The van der Waals surface area contributed by atoms with Gasteiger partial charge in [0.25, 0.3) is 5.91 Å². The summed E-state index contributed by atoms with van der Waals surface area (Å²) in [5.41, 5.74) is 1.91. The highest BCUT2D eigenvalue weighted by Gasteiger charge is 2.46. The Morgan fingerprint density at radius 3 is 2.27 bits per heavy atom. The fraction of sp³-hybridized carbons (Fsp3) is 0.160. The van der Waals surface area contributed by atoms with Crippen molar-refractivity contribution in [1.29, 1.82) is 0 Å². The highest BCUT2D eigenvalue weighted by atomic mass is 79.9. The van der Waals surface area contributed by atoms with Gasteiger partial charge in [0.1, 0.15) is 11.8 Å². The Hall–Kier alpha value is -3.65. The lowest BCUT2D eigenvalue weighted by Crippen LogP contribution is -2.37. The van der Waals surface area contributed by atoms with E-state index in [-0.39, 0.29) is 18.9 Å². The second kappa shape index (κ2) is 9.87. The molecule has 0 bridgehead atoms. The first-order valence-electron chi connectivity index (χ1n) is 10.3. The summed E-state index contributed by atoms with van der Waals surface area (Å²) >= 11 is 3.36. The number of ether oxygens (including phenoxy) is 1. The van der Waals surface area contributed by atoms with Crippen LogP contribution in [0.3, 0.4) is 0 Å². The molecule has 1 aliphatic heterocycles. The molecule has 1 atom stereocenters. The van der Waals surface area contributed by atoms with E-state index < -0.39 is 18.0 Å². The molecule has 4 amide bonds. The number of carbonyl (C=O) groups is 3. The Balaban J connectivity index is 1.58. The smallest absolute Gasteiger partial charge is 0.332 e. The van der Waals surface area contributed by atoms with Crippen LogP contribution in [0, 0.1) is 0 Å². The van der Waals surface area contributed by atoms with Crippen molar-refractivity contribution in [2.24, 2.45) is 0 Å². The minimum atomic E-state index is -0.921. The molecule has 3 aromatic rings. The molecule has 0 unspecified atom stereocenters. The first-order valence-corrected chi connectivity index (χ1v) is 11.1. The zero-order valence-electron chi connectivity index (χ0n) is 17.9. The topological polar surface area (TPSA) is 79.0 Å². The Bertz CT molecular complexity index is 1150. The molecule has 1 heterocycles. The van der Waals surface area contributed by atoms with Crippen molar-refractivity contribution in [3.05, 3.63) is 88.9 Å². The van der Waals surface area contributed by atoms with Crippen LogP contribution in [-0.4, -0.2) is 35.9 Å². The van der Waals surface area contributed by atoms with E-state index >= 15 is 0 Å². The van der Waals surface area contributed by atoms with Gasteiger partial charge in [-0.15, -0.1) is 0 Å². The van der Waals surface area contributed by atoms with Crippen LogP contribution >= 0.6 is 15.9 Å². The number of halogens is 1. The number of carbonyl (C=O) groups excluding carboxylic acids is 3. The number of methoxy groups -OCH3 is 1. The number of benzene rings is 3. The van der Waals surface area contributed by atoms with Gasteiger partial charge in [-0.1, -0.05) is 46.3 Å². The summed E-state index contributed by atoms with van der Waals surface area (Å²) in [6, 6.07) is 21.8. The van der Waals surface area contributed by atoms with Crippen molar-refractivity contribution in [3.63, 3.8) is 0 Å². The number of hydrogen-bond donors (Lipinski definition) is 1. The van der Waals surface area contributed by atoms with Crippen LogP contribution in [0.25, 0.3) is 0 Å². The monoisotopic (exact) mass is 507 g/mol. The molecule has 1 saturated heterocycles. The van der Waals surface area contributed by atoms with Gasteiger partial charge in [0, 0.05) is 16.7 Å². The Morgan fingerprint density at radius 1 is 0.970 bits per heavy atom. The second-order valence-corrected chi connectivity index (χ2v) is 8.46. The summed E-state index contributed by atoms with van der Waals surface area (Å²) in [6.45, 7) is 0.189. The van der Waals surface area contributed by atoms with Crippen LogP contribution < -0.4 is 15.0 Å². The van der Waals surface area contributed by atoms with Crippen LogP contribution in [0.4, 0.5) is 16.2 Å². The summed E-state index contributed by atoms with van der Waals surface area (Å²) < 4.78 is 6.08. The third-order valence-corrected chi connectivity index (χ3v) is 5.88. The SMILES string of the molecule is COc1ccc(CN2C(=O)N(c3ccccc3)C(=O)[C@@H]2CC(=O)Nc2ccc(Br)cc2)cc1. The number of para-hydroxylation sites is 1. The number of rotatable bonds is 7. The minimum absolute atomic E-state index is 0.153. The maximum atomic E-state index is 13.3. The fourth-order valence-electron chi connectivity index (χ4n) is 3.68. The molecule has 0 aromatic heterocycles. The molecule has 7 nitrogen and oxygen atoms in total. The van der Waals surface area contributed by atoms with Crippen LogP contribution in [-0.2, 0) is 16.1 Å². The van der Waals surface area contributed by atoms with E-state index in [9.17, 15) is 14.4 Å². The van der Waals surface area contributed by atoms with Gasteiger partial charge in [-0.2, -0.15) is 0 Å². The van der Waals surface area contributed by atoms with Gasteiger partial charge in [-0.05, 0) is 54.1 Å². The first kappa shape index (κ1) is 22.5. The number of imide groups is 1. The highest BCUT2D eigenvalue weighted by molar-refractivity contribution is 9.10. The molecule has 33 heavy (non-hydrogen) atoms. The molecule has 1 N–H and O–H groups in total. The molecule has 8 heteroatoms. The van der Waals surface area contributed by atoms with Crippen molar-refractivity contribution < 1.29 is 19.1 Å². The standard InChI is InChI=1S/C25H22BrN3O4/c1-33-21-13-7-17(8-14-21)16-28-22(15-23(30)27-19-11-9-18(26)10-12-19)24(31)29(25(28)32)20-5-3-2-4-6-20/h2-14,22H,15-16H2,1H3,(H,27,30)/t22-/m0/s1. The van der Waals surface area contributed by atoms with Crippen molar-refractivity contribution in [3.8, 4) is 5.75 Å². The van der Waals surface area contributed by atoms with Crippen molar-refractivity contribution in [2.45, 2.75) is 19.0 Å². The lowest BCUT2D eigenvalue weighted by atomic mass is 10.1. The summed E-state index contributed by atoms with van der Waals surface area (Å²) in [5, 5.41) is 2.80. The summed E-state index contributed by atoms with van der Waals surface area (Å²) in [7, 11) is 1.58. The van der Waals surface area contributed by atoms with Crippen LogP contribution in [0.15, 0.2) is 83.3 Å². The quantitative estimate of drug-likeness (QED) is 0.464. The Morgan fingerprint density at radius 2 is 1.64 bits per heavy atom. The zero-order chi connectivity index (χ0) is 23.4. The summed E-state index contributed by atoms with van der Waals surface area (Å²) in [6.07, 6.45) is -0.153. The summed E-state index contributed by atoms with van der Waals surface area (Å²) in [5.74, 6) is -0.0808. The number of amides is 4. The number of nitrogens with zero attached hydrogens (tertiary/aromatic N) is 2. The van der Waals surface area contributed by atoms with Gasteiger partial charge < -0.3 is 15.0 Å². The van der Waals surface area contributed by atoms with E-state index in [0.717, 1.165) is 14.9 Å². The normalized spacial score (nSPS) is 15.6. The molecular weight excluding hydrogens is 486 g/mol. The number of nitrogens with one attached hydrogen (secondary N) is 1. The van der Waals surface area contributed by atoms with Gasteiger partial charge in [0.15, 0.2) is 0 Å². The molecule has 0 radical (unpaired) electrons. The van der Waals surface area contributed by atoms with Crippen LogP contribution in [0.2, 0.25) is 0 Å². The largest absolute Gasteiger partial charge is 0.497 e. The molecule has 1 fully saturated rings. The highest BCUT2D eigenvalue weighted by Crippen LogP contribution is 2.29. The fourth-order valence-corrected chi connectivity index (χ4v) is 3.94. The average Bonchev–Trinajstić information content (AvgIpc) is 3.05. The average molecular weight is 508 g/mol. The van der Waals surface area contributed by atoms with Crippen molar-refractivity contribution >= 4 is 45.2 Å². The van der Waals surface area contributed by atoms with E-state index in [1.807, 2.05) is 30.3 Å². The van der Waals surface area contributed by atoms with E-state index in [2.05, 4.69) is 21.2 Å². The Kier molecular flexibility index (Phi) is 6.74. The number of anilines is 2. The molecule has 0 aliphatic carbocycles.